The number of fused-ring (bicyclic) bond motifs is 2. The van der Waals surface area contributed by atoms with Crippen LogP contribution < -0.4 is 9.47 Å². The Morgan fingerprint density at radius 2 is 0.738 bits per heavy atom. The highest BCUT2D eigenvalue weighted by atomic mass is 16.7. The van der Waals surface area contributed by atoms with Crippen molar-refractivity contribution in [2.45, 2.75) is 117 Å². The molecule has 0 radical (unpaired) electrons. The number of carbonyl (C=O) groups is 2. The molecule has 0 aromatic heterocycles. The molecule has 0 bridgehead atoms. The zero-order valence-electron chi connectivity index (χ0n) is 25.8. The molecule has 3 rings (SSSR count). The van der Waals surface area contributed by atoms with Gasteiger partial charge in [0.05, 0.1) is 13.2 Å². The summed E-state index contributed by atoms with van der Waals surface area (Å²) >= 11 is 0. The Labute approximate surface area is 252 Å². The van der Waals surface area contributed by atoms with Gasteiger partial charge in [0.1, 0.15) is 11.5 Å². The Kier molecular flexibility index (Phi) is 15.6. The van der Waals surface area contributed by atoms with E-state index in [-0.39, 0.29) is 0 Å². The van der Waals surface area contributed by atoms with E-state index in [2.05, 4.69) is 13.8 Å². The summed E-state index contributed by atoms with van der Waals surface area (Å²) in [6.07, 6.45) is 17.2. The minimum atomic E-state index is -0.730. The summed E-state index contributed by atoms with van der Waals surface area (Å²) in [5.74, 6) is 0.781. The maximum Gasteiger partial charge on any atom is 0.513 e. The van der Waals surface area contributed by atoms with Crippen molar-refractivity contribution >= 4 is 33.9 Å². The molecule has 0 fully saturated rings. The molecule has 6 nitrogen and oxygen atoms in total. The molecule has 0 aliphatic carbocycles. The largest absolute Gasteiger partial charge is 0.513 e. The molecule has 0 aliphatic rings. The van der Waals surface area contributed by atoms with Crippen LogP contribution in [0.15, 0.2) is 48.5 Å². The van der Waals surface area contributed by atoms with Crippen molar-refractivity contribution in [3.8, 4) is 11.5 Å². The smallest absolute Gasteiger partial charge is 0.434 e. The van der Waals surface area contributed by atoms with E-state index in [0.717, 1.165) is 38.5 Å². The van der Waals surface area contributed by atoms with Crippen molar-refractivity contribution in [2.75, 3.05) is 13.2 Å². The maximum atomic E-state index is 12.7. The minimum absolute atomic E-state index is 0.329. The maximum absolute atomic E-state index is 12.7. The lowest BCUT2D eigenvalue weighted by Gasteiger charge is -2.16. The van der Waals surface area contributed by atoms with Crippen molar-refractivity contribution in [2.24, 2.45) is 0 Å². The fraction of sp³-hybridized carbons (Fsp3) is 0.556. The third-order valence-electron chi connectivity index (χ3n) is 7.64. The normalized spacial score (nSPS) is 11.1. The summed E-state index contributed by atoms with van der Waals surface area (Å²) < 4.78 is 22.4. The van der Waals surface area contributed by atoms with Gasteiger partial charge in [-0.05, 0) is 12.8 Å². The van der Waals surface area contributed by atoms with E-state index in [1.54, 1.807) is 0 Å². The average Bonchev–Trinajstić information content (AvgIpc) is 3.01. The monoisotopic (exact) mass is 578 g/mol. The van der Waals surface area contributed by atoms with Gasteiger partial charge in [-0.3, -0.25) is 0 Å². The Balaban J connectivity index is 1.57. The van der Waals surface area contributed by atoms with E-state index in [1.165, 1.54) is 64.2 Å². The first kappa shape index (κ1) is 33.2. The van der Waals surface area contributed by atoms with Crippen LogP contribution in [-0.2, 0) is 9.47 Å². The zero-order valence-corrected chi connectivity index (χ0v) is 25.8. The number of ether oxygens (including phenoxy) is 4. The van der Waals surface area contributed by atoms with Crippen molar-refractivity contribution in [1.82, 2.24) is 0 Å². The molecule has 0 unspecified atom stereocenters. The van der Waals surface area contributed by atoms with E-state index in [1.807, 2.05) is 48.5 Å². The Hall–Kier alpha value is -3.28. The van der Waals surface area contributed by atoms with E-state index in [4.69, 9.17) is 18.9 Å². The van der Waals surface area contributed by atoms with Gasteiger partial charge >= 0.3 is 12.3 Å². The van der Waals surface area contributed by atoms with Gasteiger partial charge < -0.3 is 18.9 Å². The fourth-order valence-corrected chi connectivity index (χ4v) is 5.28. The molecule has 3 aromatic carbocycles. The van der Waals surface area contributed by atoms with Crippen molar-refractivity contribution in [3.63, 3.8) is 0 Å². The predicted molar refractivity (Wildman–Crippen MR) is 171 cm³/mol. The Morgan fingerprint density at radius 1 is 0.452 bits per heavy atom. The van der Waals surface area contributed by atoms with Crippen LogP contribution in [0.4, 0.5) is 9.59 Å². The molecule has 0 saturated carbocycles. The van der Waals surface area contributed by atoms with Crippen molar-refractivity contribution in [1.29, 1.82) is 0 Å². The lowest BCUT2D eigenvalue weighted by Crippen LogP contribution is -2.14. The lowest BCUT2D eigenvalue weighted by atomic mass is 10.0. The third kappa shape index (κ3) is 11.2. The summed E-state index contributed by atoms with van der Waals surface area (Å²) in [5.41, 5.74) is 0. The van der Waals surface area contributed by atoms with Gasteiger partial charge in [0.15, 0.2) is 0 Å². The minimum Gasteiger partial charge on any atom is -0.434 e. The first-order valence-electron chi connectivity index (χ1n) is 16.3. The van der Waals surface area contributed by atoms with Crippen LogP contribution in [-0.4, -0.2) is 25.5 Å². The molecule has 230 valence electrons. The van der Waals surface area contributed by atoms with Gasteiger partial charge in [-0.1, -0.05) is 152 Å². The first-order chi connectivity index (χ1) is 20.7. The molecule has 42 heavy (non-hydrogen) atoms. The van der Waals surface area contributed by atoms with Crippen LogP contribution in [0.25, 0.3) is 21.5 Å². The summed E-state index contributed by atoms with van der Waals surface area (Å²) in [6, 6.07) is 14.8. The second-order valence-corrected chi connectivity index (χ2v) is 11.1. The molecular weight excluding hydrogens is 528 g/mol. The highest BCUT2D eigenvalue weighted by Crippen LogP contribution is 2.43. The van der Waals surface area contributed by atoms with Gasteiger partial charge in [0.2, 0.25) is 0 Å². The molecule has 0 aliphatic heterocycles. The number of rotatable bonds is 20. The molecule has 0 N–H and O–H groups in total. The molecule has 6 heteroatoms. The highest BCUT2D eigenvalue weighted by Gasteiger charge is 2.21. The van der Waals surface area contributed by atoms with Gasteiger partial charge in [0, 0.05) is 21.5 Å². The van der Waals surface area contributed by atoms with Crippen LogP contribution >= 0.6 is 0 Å². The van der Waals surface area contributed by atoms with E-state index >= 15 is 0 Å². The second kappa shape index (κ2) is 19.8. The van der Waals surface area contributed by atoms with Crippen molar-refractivity contribution < 1.29 is 28.5 Å². The molecule has 0 spiro atoms. The summed E-state index contributed by atoms with van der Waals surface area (Å²) in [7, 11) is 0. The predicted octanol–water partition coefficient (Wildman–Crippen LogP) is 11.3. The summed E-state index contributed by atoms with van der Waals surface area (Å²) in [4.78, 5) is 25.4. The molecule has 0 amide bonds. The Morgan fingerprint density at radius 3 is 1.05 bits per heavy atom. The second-order valence-electron chi connectivity index (χ2n) is 11.1. The summed E-state index contributed by atoms with van der Waals surface area (Å²) in [6.45, 7) is 5.10. The molecule has 0 saturated heterocycles. The fourth-order valence-electron chi connectivity index (χ4n) is 5.28. The average molecular weight is 579 g/mol. The van der Waals surface area contributed by atoms with E-state index in [9.17, 15) is 9.59 Å². The van der Waals surface area contributed by atoms with Crippen molar-refractivity contribution in [3.05, 3.63) is 48.5 Å². The first-order valence-corrected chi connectivity index (χ1v) is 16.3. The standard InChI is InChI=1S/C36H50O6/c1-3-5-7-9-11-13-15-21-27-39-35(37)41-33-29-23-17-19-25-31(29)34(32-26-20-18-24-30(32)33)42-36(38)40-28-22-16-14-12-10-8-6-4-2/h17-20,23-26H,3-16,21-22,27-28H2,1-2H3. The van der Waals surface area contributed by atoms with Gasteiger partial charge in [-0.2, -0.15) is 0 Å². The lowest BCUT2D eigenvalue weighted by molar-refractivity contribution is 0.0965. The van der Waals surface area contributed by atoms with Gasteiger partial charge in [0.25, 0.3) is 0 Å². The van der Waals surface area contributed by atoms with Crippen LogP contribution in [0.2, 0.25) is 0 Å². The highest BCUT2D eigenvalue weighted by molar-refractivity contribution is 6.12. The molecule has 0 heterocycles. The number of hydrogen-bond acceptors (Lipinski definition) is 6. The molecule has 0 atom stereocenters. The van der Waals surface area contributed by atoms with E-state index in [0.29, 0.717) is 46.3 Å². The van der Waals surface area contributed by atoms with Crippen LogP contribution in [0, 0.1) is 0 Å². The number of unbranched alkanes of at least 4 members (excludes halogenated alkanes) is 14. The topological polar surface area (TPSA) is 71.1 Å². The molecular formula is C36H50O6. The van der Waals surface area contributed by atoms with Gasteiger partial charge in [-0.15, -0.1) is 0 Å². The van der Waals surface area contributed by atoms with Crippen LogP contribution in [0.3, 0.4) is 0 Å². The zero-order chi connectivity index (χ0) is 29.8. The number of benzene rings is 3. The molecule has 3 aromatic rings. The summed E-state index contributed by atoms with van der Waals surface area (Å²) in [5, 5.41) is 2.63. The third-order valence-corrected chi connectivity index (χ3v) is 7.64. The van der Waals surface area contributed by atoms with Gasteiger partial charge in [-0.25, -0.2) is 9.59 Å². The quantitative estimate of drug-likeness (QED) is 0.0575. The van der Waals surface area contributed by atoms with Crippen LogP contribution in [0.1, 0.15) is 117 Å². The SMILES string of the molecule is CCCCCCCCCCOC(=O)Oc1c2ccccc2c(OC(=O)OCCCCCCCCCC)c2ccccc12. The van der Waals surface area contributed by atoms with Crippen LogP contribution in [0.5, 0.6) is 11.5 Å². The number of carbonyl (C=O) groups excluding carboxylic acids is 2. The number of hydrogen-bond donors (Lipinski definition) is 0. The van der Waals surface area contributed by atoms with E-state index < -0.39 is 12.3 Å². The Bertz CT molecular complexity index is 1070.